The molecule has 0 spiro atoms. The first kappa shape index (κ1) is 16.2. The third-order valence-electron chi connectivity index (χ3n) is 3.89. The number of aromatic amines is 1. The monoisotopic (exact) mass is 293 g/mol. The van der Waals surface area contributed by atoms with Crippen LogP contribution >= 0.6 is 0 Å². The fourth-order valence-corrected chi connectivity index (χ4v) is 2.95. The number of H-pyrrole nitrogens is 1. The van der Waals surface area contributed by atoms with Crippen molar-refractivity contribution in [3.05, 3.63) is 23.0 Å². The highest BCUT2D eigenvalue weighted by Crippen LogP contribution is 2.13. The van der Waals surface area contributed by atoms with Crippen molar-refractivity contribution in [2.45, 2.75) is 33.3 Å². The lowest BCUT2D eigenvalue weighted by Gasteiger charge is -2.37. The molecule has 2 heterocycles. The van der Waals surface area contributed by atoms with Crippen molar-refractivity contribution < 1.29 is 9.90 Å². The number of Topliss-reactive ketones (excluding diaryl/α,β-unsaturated/α-hetero) is 1. The lowest BCUT2D eigenvalue weighted by Crippen LogP contribution is -2.51. The van der Waals surface area contributed by atoms with Crippen molar-refractivity contribution in [2.75, 3.05) is 39.3 Å². The fraction of sp³-hybridized carbons (Fsp3) is 0.688. The van der Waals surface area contributed by atoms with E-state index in [9.17, 15) is 9.90 Å². The van der Waals surface area contributed by atoms with Crippen molar-refractivity contribution in [1.82, 2.24) is 14.8 Å². The molecule has 0 atom stereocenters. The molecule has 1 fully saturated rings. The first-order chi connectivity index (χ1) is 9.74. The number of β-amino-alcohol motifs (C(OH)–C–C–N with tert-alkyl or cyclic N) is 1. The molecule has 0 unspecified atom stereocenters. The molecule has 5 heteroatoms. The van der Waals surface area contributed by atoms with Crippen LogP contribution in [0.25, 0.3) is 0 Å². The van der Waals surface area contributed by atoms with Crippen LogP contribution in [0.5, 0.6) is 0 Å². The van der Waals surface area contributed by atoms with Crippen molar-refractivity contribution in [3.8, 4) is 0 Å². The largest absolute Gasteiger partial charge is 0.389 e. The Hall–Kier alpha value is -1.17. The van der Waals surface area contributed by atoms with Gasteiger partial charge >= 0.3 is 0 Å². The minimum absolute atomic E-state index is 0.188. The first-order valence-corrected chi connectivity index (χ1v) is 7.61. The molecule has 0 radical (unpaired) electrons. The number of carbonyl (C=O) groups excluding carboxylic acids is 1. The number of hydrogen-bond acceptors (Lipinski definition) is 4. The van der Waals surface area contributed by atoms with Crippen LogP contribution in [0.15, 0.2) is 6.07 Å². The number of carbonyl (C=O) groups is 1. The second kappa shape index (κ2) is 6.30. The highest BCUT2D eigenvalue weighted by molar-refractivity contribution is 5.98. The third kappa shape index (κ3) is 4.66. The number of aliphatic hydroxyl groups is 1. The van der Waals surface area contributed by atoms with Crippen LogP contribution in [-0.4, -0.2) is 70.5 Å². The predicted molar refractivity (Wildman–Crippen MR) is 83.8 cm³/mol. The molecule has 1 saturated heterocycles. The normalized spacial score (nSPS) is 18.1. The van der Waals surface area contributed by atoms with Gasteiger partial charge in [0.1, 0.15) is 0 Å². The quantitative estimate of drug-likeness (QED) is 0.801. The summed E-state index contributed by atoms with van der Waals surface area (Å²) >= 11 is 0. The van der Waals surface area contributed by atoms with Gasteiger partial charge in [-0.1, -0.05) is 0 Å². The van der Waals surface area contributed by atoms with E-state index in [1.54, 1.807) is 0 Å². The maximum absolute atomic E-state index is 12.3. The van der Waals surface area contributed by atoms with Crippen LogP contribution < -0.4 is 0 Å². The molecular weight excluding hydrogens is 266 g/mol. The minimum atomic E-state index is -0.655. The Morgan fingerprint density at radius 1 is 1.24 bits per heavy atom. The molecule has 0 saturated carbocycles. The van der Waals surface area contributed by atoms with Crippen molar-refractivity contribution in [3.63, 3.8) is 0 Å². The molecule has 1 aliphatic heterocycles. The van der Waals surface area contributed by atoms with Crippen LogP contribution in [0, 0.1) is 13.8 Å². The standard InChI is InChI=1S/C16H27N3O2/c1-12-9-14(13(2)17-12)15(20)10-18-5-7-19(8-6-18)11-16(3,4)21/h9,17,21H,5-8,10-11H2,1-4H3. The van der Waals surface area contributed by atoms with E-state index in [-0.39, 0.29) is 5.78 Å². The number of rotatable bonds is 5. The number of hydrogen-bond donors (Lipinski definition) is 2. The Morgan fingerprint density at radius 2 is 1.81 bits per heavy atom. The lowest BCUT2D eigenvalue weighted by atomic mass is 10.1. The van der Waals surface area contributed by atoms with Gasteiger partial charge in [0.15, 0.2) is 5.78 Å². The van der Waals surface area contributed by atoms with Crippen LogP contribution in [0.4, 0.5) is 0 Å². The fourth-order valence-electron chi connectivity index (χ4n) is 2.95. The van der Waals surface area contributed by atoms with Crippen molar-refractivity contribution in [2.24, 2.45) is 0 Å². The topological polar surface area (TPSA) is 59.6 Å². The molecule has 0 aromatic carbocycles. The average molecular weight is 293 g/mol. The van der Waals surface area contributed by atoms with Gasteiger partial charge in [-0.15, -0.1) is 0 Å². The molecule has 1 aliphatic rings. The second-order valence-corrected chi connectivity index (χ2v) is 6.78. The van der Waals surface area contributed by atoms with E-state index in [1.165, 1.54) is 0 Å². The summed E-state index contributed by atoms with van der Waals surface area (Å²) in [6.07, 6.45) is 0. The van der Waals surface area contributed by atoms with E-state index in [1.807, 2.05) is 33.8 Å². The van der Waals surface area contributed by atoms with E-state index in [0.29, 0.717) is 13.1 Å². The summed E-state index contributed by atoms with van der Waals surface area (Å²) < 4.78 is 0. The van der Waals surface area contributed by atoms with Crippen molar-refractivity contribution >= 4 is 5.78 Å². The van der Waals surface area contributed by atoms with Crippen molar-refractivity contribution in [1.29, 1.82) is 0 Å². The van der Waals surface area contributed by atoms with Gasteiger partial charge in [-0.25, -0.2) is 0 Å². The molecular formula is C16H27N3O2. The molecule has 118 valence electrons. The third-order valence-corrected chi connectivity index (χ3v) is 3.89. The Balaban J connectivity index is 1.83. The smallest absolute Gasteiger partial charge is 0.178 e. The molecule has 5 nitrogen and oxygen atoms in total. The first-order valence-electron chi connectivity index (χ1n) is 7.61. The molecule has 0 bridgehead atoms. The zero-order valence-corrected chi connectivity index (χ0v) is 13.6. The SMILES string of the molecule is Cc1cc(C(=O)CN2CCN(CC(C)(C)O)CC2)c(C)[nH]1. The number of ketones is 1. The van der Waals surface area contributed by atoms with Crippen LogP contribution in [0.3, 0.4) is 0 Å². The number of aromatic nitrogens is 1. The predicted octanol–water partition coefficient (Wildman–Crippen LogP) is 1.20. The van der Waals surface area contributed by atoms with Gasteiger partial charge in [0.2, 0.25) is 0 Å². The highest BCUT2D eigenvalue weighted by atomic mass is 16.3. The molecule has 0 aliphatic carbocycles. The maximum atomic E-state index is 12.3. The van der Waals surface area contributed by atoms with E-state index >= 15 is 0 Å². The zero-order valence-electron chi connectivity index (χ0n) is 13.6. The molecule has 2 N–H and O–H groups in total. The molecule has 2 rings (SSSR count). The Bertz CT molecular complexity index is 494. The lowest BCUT2D eigenvalue weighted by molar-refractivity contribution is 0.0179. The van der Waals surface area contributed by atoms with E-state index in [2.05, 4.69) is 14.8 Å². The van der Waals surface area contributed by atoms with Gasteiger partial charge in [-0.3, -0.25) is 14.6 Å². The summed E-state index contributed by atoms with van der Waals surface area (Å²) in [6, 6.07) is 1.93. The summed E-state index contributed by atoms with van der Waals surface area (Å²) in [5, 5.41) is 9.85. The van der Waals surface area contributed by atoms with Gasteiger partial charge in [0, 0.05) is 49.7 Å². The second-order valence-electron chi connectivity index (χ2n) is 6.78. The highest BCUT2D eigenvalue weighted by Gasteiger charge is 2.24. The summed E-state index contributed by atoms with van der Waals surface area (Å²) in [5.41, 5.74) is 2.15. The number of nitrogens with zero attached hydrogens (tertiary/aromatic N) is 2. The summed E-state index contributed by atoms with van der Waals surface area (Å²) in [7, 11) is 0. The molecule has 0 amide bonds. The zero-order chi connectivity index (χ0) is 15.6. The summed E-state index contributed by atoms with van der Waals surface area (Å²) in [6.45, 7) is 12.3. The number of piperazine rings is 1. The van der Waals surface area contributed by atoms with Crippen LogP contribution in [-0.2, 0) is 0 Å². The Morgan fingerprint density at radius 3 is 2.29 bits per heavy atom. The van der Waals surface area contributed by atoms with Gasteiger partial charge < -0.3 is 10.1 Å². The van der Waals surface area contributed by atoms with Gasteiger partial charge in [-0.2, -0.15) is 0 Å². The van der Waals surface area contributed by atoms with E-state index in [4.69, 9.17) is 0 Å². The number of nitrogens with one attached hydrogen (secondary N) is 1. The molecule has 1 aromatic heterocycles. The van der Waals surface area contributed by atoms with E-state index < -0.39 is 5.60 Å². The van der Waals surface area contributed by atoms with Crippen LogP contribution in [0.1, 0.15) is 35.6 Å². The summed E-state index contributed by atoms with van der Waals surface area (Å²) in [5.74, 6) is 0.188. The molecule has 1 aromatic rings. The van der Waals surface area contributed by atoms with Gasteiger partial charge in [0.25, 0.3) is 0 Å². The molecule has 21 heavy (non-hydrogen) atoms. The van der Waals surface area contributed by atoms with Crippen LogP contribution in [0.2, 0.25) is 0 Å². The number of aryl methyl sites for hydroxylation is 2. The van der Waals surface area contributed by atoms with Gasteiger partial charge in [-0.05, 0) is 33.8 Å². The van der Waals surface area contributed by atoms with Gasteiger partial charge in [0.05, 0.1) is 12.1 Å². The Kier molecular flexibility index (Phi) is 4.86. The van der Waals surface area contributed by atoms with E-state index in [0.717, 1.165) is 43.1 Å². The Labute approximate surface area is 126 Å². The maximum Gasteiger partial charge on any atom is 0.178 e. The minimum Gasteiger partial charge on any atom is -0.389 e. The average Bonchev–Trinajstić information content (AvgIpc) is 2.69. The summed E-state index contributed by atoms with van der Waals surface area (Å²) in [4.78, 5) is 20.0.